The minimum absolute atomic E-state index is 0.169. The normalized spacial score (nSPS) is 10.2. The number of ether oxygens (including phenoxy) is 4. The number of benzene rings is 3. The molecule has 7 nitrogen and oxygen atoms in total. The summed E-state index contributed by atoms with van der Waals surface area (Å²) < 4.78 is 20.8. The molecule has 154 valence electrons. The van der Waals surface area contributed by atoms with Crippen LogP contribution in [0.3, 0.4) is 0 Å². The van der Waals surface area contributed by atoms with Crippen LogP contribution in [-0.4, -0.2) is 31.3 Å². The van der Waals surface area contributed by atoms with E-state index in [2.05, 4.69) is 0 Å². The molecule has 0 spiro atoms. The first-order chi connectivity index (χ1) is 14.5. The van der Waals surface area contributed by atoms with Crippen molar-refractivity contribution in [2.75, 3.05) is 14.2 Å². The van der Waals surface area contributed by atoms with Crippen LogP contribution in [0.2, 0.25) is 0 Å². The van der Waals surface area contributed by atoms with Crippen molar-refractivity contribution in [1.82, 2.24) is 0 Å². The molecule has 0 heterocycles. The second-order valence-corrected chi connectivity index (χ2v) is 6.16. The molecule has 0 saturated carbocycles. The monoisotopic (exact) mass is 408 g/mol. The van der Waals surface area contributed by atoms with Crippen LogP contribution >= 0.6 is 0 Å². The molecule has 0 aliphatic carbocycles. The van der Waals surface area contributed by atoms with Crippen molar-refractivity contribution >= 4 is 11.9 Å². The van der Waals surface area contributed by atoms with E-state index in [9.17, 15) is 14.7 Å². The van der Waals surface area contributed by atoms with Crippen molar-refractivity contribution in [3.05, 3.63) is 83.4 Å². The van der Waals surface area contributed by atoms with Gasteiger partial charge in [-0.1, -0.05) is 0 Å². The predicted molar refractivity (Wildman–Crippen MR) is 108 cm³/mol. The molecule has 3 rings (SSSR count). The van der Waals surface area contributed by atoms with E-state index in [1.165, 1.54) is 32.4 Å². The molecule has 0 fully saturated rings. The van der Waals surface area contributed by atoms with Crippen LogP contribution in [0.25, 0.3) is 0 Å². The number of rotatable bonds is 7. The fourth-order valence-electron chi connectivity index (χ4n) is 2.62. The van der Waals surface area contributed by atoms with E-state index in [1.54, 1.807) is 48.5 Å². The van der Waals surface area contributed by atoms with Gasteiger partial charge in [0.05, 0.1) is 32.0 Å². The number of hydrogen-bond donors (Lipinski definition) is 1. The lowest BCUT2D eigenvalue weighted by atomic mass is 10.2. The van der Waals surface area contributed by atoms with Crippen LogP contribution in [-0.2, 0) is 6.61 Å². The molecule has 0 unspecified atom stereocenters. The SMILES string of the molecule is COc1ccc(C(=O)Oc2ccc(OC(=O)c3ccc(OC)cc3)c(CO)c2)cc1. The summed E-state index contributed by atoms with van der Waals surface area (Å²) in [6, 6.07) is 17.3. The fourth-order valence-corrected chi connectivity index (χ4v) is 2.62. The van der Waals surface area contributed by atoms with Gasteiger partial charge >= 0.3 is 11.9 Å². The van der Waals surface area contributed by atoms with Gasteiger partial charge in [-0.25, -0.2) is 9.59 Å². The molecule has 7 heteroatoms. The second kappa shape index (κ2) is 9.58. The Bertz CT molecular complexity index is 1020. The number of aliphatic hydroxyl groups is 1. The van der Waals surface area contributed by atoms with Gasteiger partial charge in [0, 0.05) is 5.56 Å². The third-order valence-electron chi connectivity index (χ3n) is 4.27. The van der Waals surface area contributed by atoms with Crippen LogP contribution in [0.4, 0.5) is 0 Å². The van der Waals surface area contributed by atoms with Crippen LogP contribution in [0, 0.1) is 0 Å². The van der Waals surface area contributed by atoms with Crippen molar-refractivity contribution in [1.29, 1.82) is 0 Å². The number of carbonyl (C=O) groups excluding carboxylic acids is 2. The van der Waals surface area contributed by atoms with E-state index in [4.69, 9.17) is 18.9 Å². The molecule has 30 heavy (non-hydrogen) atoms. The van der Waals surface area contributed by atoms with Gasteiger partial charge in [-0.05, 0) is 66.7 Å². The van der Waals surface area contributed by atoms with E-state index >= 15 is 0 Å². The molecule has 3 aromatic rings. The second-order valence-electron chi connectivity index (χ2n) is 6.16. The van der Waals surface area contributed by atoms with Gasteiger partial charge in [0.15, 0.2) is 0 Å². The van der Waals surface area contributed by atoms with Crippen LogP contribution < -0.4 is 18.9 Å². The summed E-state index contributed by atoms with van der Waals surface area (Å²) in [5.41, 5.74) is 0.975. The molecular formula is C23H20O7. The van der Waals surface area contributed by atoms with Gasteiger partial charge in [0.2, 0.25) is 0 Å². The van der Waals surface area contributed by atoms with E-state index in [0.29, 0.717) is 28.2 Å². The maximum absolute atomic E-state index is 12.3. The maximum atomic E-state index is 12.3. The number of carbonyl (C=O) groups is 2. The third kappa shape index (κ3) is 4.95. The molecular weight excluding hydrogens is 388 g/mol. The van der Waals surface area contributed by atoms with Crippen molar-refractivity contribution < 1.29 is 33.6 Å². The highest BCUT2D eigenvalue weighted by atomic mass is 16.5. The summed E-state index contributed by atoms with van der Waals surface area (Å²) >= 11 is 0. The Labute approximate surface area is 173 Å². The Morgan fingerprint density at radius 3 is 1.63 bits per heavy atom. The maximum Gasteiger partial charge on any atom is 0.343 e. The van der Waals surface area contributed by atoms with Crippen molar-refractivity contribution in [3.8, 4) is 23.0 Å². The van der Waals surface area contributed by atoms with E-state index in [-0.39, 0.29) is 11.5 Å². The summed E-state index contributed by atoms with van der Waals surface area (Å²) in [6.45, 7) is -0.404. The van der Waals surface area contributed by atoms with Gasteiger partial charge < -0.3 is 24.1 Å². The number of methoxy groups -OCH3 is 2. The standard InChI is InChI=1S/C23H20O7/c1-27-18-7-3-15(4-8-18)22(25)29-20-11-12-21(17(13-20)14-24)30-23(26)16-5-9-19(28-2)10-6-16/h3-13,24H,14H2,1-2H3. The summed E-state index contributed by atoms with van der Waals surface area (Å²) in [6.07, 6.45) is 0. The number of aliphatic hydroxyl groups excluding tert-OH is 1. The Balaban J connectivity index is 1.71. The van der Waals surface area contributed by atoms with Crippen molar-refractivity contribution in [2.45, 2.75) is 6.61 Å². The largest absolute Gasteiger partial charge is 0.497 e. The van der Waals surface area contributed by atoms with Crippen LogP contribution in [0.15, 0.2) is 66.7 Å². The number of esters is 2. The molecule has 0 saturated heterocycles. The highest BCUT2D eigenvalue weighted by molar-refractivity contribution is 5.92. The quantitative estimate of drug-likeness (QED) is 0.471. The average Bonchev–Trinajstić information content (AvgIpc) is 2.80. The Hall–Kier alpha value is -3.84. The molecule has 1 N–H and O–H groups in total. The van der Waals surface area contributed by atoms with E-state index in [0.717, 1.165) is 0 Å². The Morgan fingerprint density at radius 1 is 0.700 bits per heavy atom. The van der Waals surface area contributed by atoms with E-state index < -0.39 is 18.5 Å². The minimum Gasteiger partial charge on any atom is -0.497 e. The summed E-state index contributed by atoms with van der Waals surface area (Å²) in [4.78, 5) is 24.6. The molecule has 0 bridgehead atoms. The molecule has 0 atom stereocenters. The lowest BCUT2D eigenvalue weighted by molar-refractivity contribution is 0.0716. The molecule has 0 aliphatic heterocycles. The van der Waals surface area contributed by atoms with Crippen molar-refractivity contribution in [2.24, 2.45) is 0 Å². The highest BCUT2D eigenvalue weighted by Crippen LogP contribution is 2.26. The van der Waals surface area contributed by atoms with Crippen LogP contribution in [0.5, 0.6) is 23.0 Å². The van der Waals surface area contributed by atoms with Gasteiger partial charge in [-0.15, -0.1) is 0 Å². The summed E-state index contributed by atoms with van der Waals surface area (Å²) in [7, 11) is 3.07. The van der Waals surface area contributed by atoms with Crippen molar-refractivity contribution in [3.63, 3.8) is 0 Å². The third-order valence-corrected chi connectivity index (χ3v) is 4.27. The first-order valence-electron chi connectivity index (χ1n) is 9.00. The lowest BCUT2D eigenvalue weighted by Crippen LogP contribution is -2.11. The van der Waals surface area contributed by atoms with Gasteiger partial charge in [0.25, 0.3) is 0 Å². The lowest BCUT2D eigenvalue weighted by Gasteiger charge is -2.11. The zero-order chi connectivity index (χ0) is 21.5. The first kappa shape index (κ1) is 20.9. The molecule has 0 aliphatic rings. The molecule has 0 aromatic heterocycles. The van der Waals surface area contributed by atoms with Gasteiger partial charge in [-0.3, -0.25) is 0 Å². The molecule has 3 aromatic carbocycles. The fraction of sp³-hybridized carbons (Fsp3) is 0.130. The topological polar surface area (TPSA) is 91.3 Å². The average molecular weight is 408 g/mol. The zero-order valence-corrected chi connectivity index (χ0v) is 16.5. The predicted octanol–water partition coefficient (Wildman–Crippen LogP) is 3.63. The molecule has 0 amide bonds. The van der Waals surface area contributed by atoms with Gasteiger partial charge in [-0.2, -0.15) is 0 Å². The Kier molecular flexibility index (Phi) is 6.67. The Morgan fingerprint density at radius 2 is 1.17 bits per heavy atom. The first-order valence-corrected chi connectivity index (χ1v) is 9.00. The smallest absolute Gasteiger partial charge is 0.343 e. The highest BCUT2D eigenvalue weighted by Gasteiger charge is 2.15. The summed E-state index contributed by atoms with van der Waals surface area (Å²) in [5, 5.41) is 9.64. The number of hydrogen-bond acceptors (Lipinski definition) is 7. The van der Waals surface area contributed by atoms with E-state index in [1.807, 2.05) is 0 Å². The molecule has 0 radical (unpaired) electrons. The van der Waals surface area contributed by atoms with Gasteiger partial charge in [0.1, 0.15) is 23.0 Å². The zero-order valence-electron chi connectivity index (χ0n) is 16.5. The minimum atomic E-state index is -0.588. The summed E-state index contributed by atoms with van der Waals surface area (Å²) in [5.74, 6) is 0.467. The van der Waals surface area contributed by atoms with Crippen LogP contribution in [0.1, 0.15) is 26.3 Å².